The fourth-order valence-corrected chi connectivity index (χ4v) is 3.30. The van der Waals surface area contributed by atoms with Gasteiger partial charge in [-0.2, -0.15) is 0 Å². The fraction of sp³-hybridized carbons (Fsp3) is 0.500. The summed E-state index contributed by atoms with van der Waals surface area (Å²) < 4.78 is 10.6. The molecule has 0 bridgehead atoms. The van der Waals surface area contributed by atoms with Gasteiger partial charge in [0.15, 0.2) is 11.5 Å². The van der Waals surface area contributed by atoms with E-state index in [2.05, 4.69) is 4.98 Å². The van der Waals surface area contributed by atoms with Crippen LogP contribution in [0, 0.1) is 0 Å². The summed E-state index contributed by atoms with van der Waals surface area (Å²) in [7, 11) is 1.36. The Kier molecular flexibility index (Phi) is 3.75. The number of hydrogen-bond donors (Lipinski definition) is 0. The molecule has 1 atom stereocenters. The third-order valence-electron chi connectivity index (χ3n) is 4.82. The zero-order chi connectivity index (χ0) is 16.7. The van der Waals surface area contributed by atoms with Gasteiger partial charge in [-0.15, -0.1) is 0 Å². The number of nitrogens with zero attached hydrogens (tertiary/aromatic N) is 2. The second-order valence-corrected chi connectivity index (χ2v) is 6.54. The molecule has 0 radical (unpaired) electrons. The van der Waals surface area contributed by atoms with Crippen molar-refractivity contribution in [2.45, 2.75) is 44.1 Å². The minimum Gasteiger partial charge on any atom is -0.467 e. The summed E-state index contributed by atoms with van der Waals surface area (Å²) in [5.74, 6) is 0.693. The van der Waals surface area contributed by atoms with Crippen LogP contribution in [-0.2, 0) is 9.53 Å². The number of carbonyl (C=O) groups excluding carboxylic acids is 2. The van der Waals surface area contributed by atoms with E-state index in [4.69, 9.17) is 9.15 Å². The Bertz CT molecular complexity index is 793. The van der Waals surface area contributed by atoms with Crippen LogP contribution in [-0.4, -0.2) is 41.5 Å². The molecule has 1 aromatic carbocycles. The number of ether oxygens (including phenoxy) is 1. The van der Waals surface area contributed by atoms with Gasteiger partial charge in [-0.3, -0.25) is 4.79 Å². The number of likely N-dealkylation sites (tertiary alicyclic amines) is 1. The molecule has 1 saturated heterocycles. The highest BCUT2D eigenvalue weighted by Gasteiger charge is 2.34. The number of aromatic nitrogens is 1. The van der Waals surface area contributed by atoms with Crippen molar-refractivity contribution in [2.75, 3.05) is 13.7 Å². The van der Waals surface area contributed by atoms with Crippen LogP contribution >= 0.6 is 0 Å². The summed E-state index contributed by atoms with van der Waals surface area (Å²) in [6.07, 6.45) is 4.71. The molecule has 2 heterocycles. The van der Waals surface area contributed by atoms with Crippen molar-refractivity contribution in [2.24, 2.45) is 0 Å². The molecule has 0 N–H and O–H groups in total. The fourth-order valence-electron chi connectivity index (χ4n) is 3.30. The van der Waals surface area contributed by atoms with E-state index in [1.165, 1.54) is 7.11 Å². The maximum absolute atomic E-state index is 12.9. The lowest BCUT2D eigenvalue weighted by Crippen LogP contribution is -2.48. The Morgan fingerprint density at radius 1 is 1.25 bits per heavy atom. The molecule has 2 fully saturated rings. The summed E-state index contributed by atoms with van der Waals surface area (Å²) in [6, 6.07) is 4.81. The van der Waals surface area contributed by atoms with Crippen LogP contribution < -0.4 is 0 Å². The molecule has 1 saturated carbocycles. The van der Waals surface area contributed by atoms with E-state index >= 15 is 0 Å². The number of fused-ring (bicyclic) bond motifs is 1. The molecular formula is C18H20N2O4. The molecule has 0 spiro atoms. The smallest absolute Gasteiger partial charge is 0.328 e. The first-order valence-electron chi connectivity index (χ1n) is 8.46. The third kappa shape index (κ3) is 2.66. The maximum atomic E-state index is 12.9. The van der Waals surface area contributed by atoms with E-state index in [0.29, 0.717) is 30.0 Å². The molecule has 126 valence electrons. The van der Waals surface area contributed by atoms with Crippen molar-refractivity contribution in [3.05, 3.63) is 29.7 Å². The minimum absolute atomic E-state index is 0.156. The zero-order valence-electron chi connectivity index (χ0n) is 13.7. The quantitative estimate of drug-likeness (QED) is 0.810. The van der Waals surface area contributed by atoms with Crippen molar-refractivity contribution in [3.63, 3.8) is 0 Å². The second-order valence-electron chi connectivity index (χ2n) is 6.54. The molecule has 2 aliphatic rings. The van der Waals surface area contributed by atoms with E-state index in [-0.39, 0.29) is 11.9 Å². The van der Waals surface area contributed by atoms with E-state index in [0.717, 1.165) is 37.1 Å². The van der Waals surface area contributed by atoms with Gasteiger partial charge in [0, 0.05) is 18.0 Å². The highest BCUT2D eigenvalue weighted by atomic mass is 16.5. The Labute approximate surface area is 139 Å². The van der Waals surface area contributed by atoms with E-state index in [1.54, 1.807) is 17.0 Å². The van der Waals surface area contributed by atoms with Crippen molar-refractivity contribution in [1.82, 2.24) is 9.88 Å². The number of oxazole rings is 1. The van der Waals surface area contributed by atoms with Crippen LogP contribution in [0.4, 0.5) is 0 Å². The van der Waals surface area contributed by atoms with Gasteiger partial charge < -0.3 is 14.1 Å². The Morgan fingerprint density at radius 3 is 2.83 bits per heavy atom. The number of benzene rings is 1. The Morgan fingerprint density at radius 2 is 2.08 bits per heavy atom. The second kappa shape index (κ2) is 5.92. The molecule has 1 aromatic heterocycles. The number of amides is 1. The lowest BCUT2D eigenvalue weighted by Gasteiger charge is -2.33. The van der Waals surface area contributed by atoms with Crippen molar-refractivity contribution in [3.8, 4) is 0 Å². The first-order chi connectivity index (χ1) is 11.7. The highest BCUT2D eigenvalue weighted by molar-refractivity contribution is 5.99. The predicted molar refractivity (Wildman–Crippen MR) is 86.7 cm³/mol. The maximum Gasteiger partial charge on any atom is 0.328 e. The van der Waals surface area contributed by atoms with Gasteiger partial charge in [-0.05, 0) is 50.3 Å². The normalized spacial score (nSPS) is 21.0. The van der Waals surface area contributed by atoms with Gasteiger partial charge in [0.25, 0.3) is 5.91 Å². The zero-order valence-corrected chi connectivity index (χ0v) is 13.7. The molecule has 2 aromatic rings. The molecule has 1 aliphatic carbocycles. The number of esters is 1. The predicted octanol–water partition coefficient (Wildman–Crippen LogP) is 2.87. The van der Waals surface area contributed by atoms with Crippen LogP contribution in [0.3, 0.4) is 0 Å². The SMILES string of the molecule is COC(=O)[C@H]1CCCCN1C(=O)c1ccc2nc(C3CC3)oc2c1. The van der Waals surface area contributed by atoms with Gasteiger partial charge in [-0.25, -0.2) is 9.78 Å². The molecule has 24 heavy (non-hydrogen) atoms. The third-order valence-corrected chi connectivity index (χ3v) is 4.82. The van der Waals surface area contributed by atoms with E-state index < -0.39 is 6.04 Å². The van der Waals surface area contributed by atoms with Gasteiger partial charge in [0.1, 0.15) is 11.6 Å². The number of piperidine rings is 1. The monoisotopic (exact) mass is 328 g/mol. The summed E-state index contributed by atoms with van der Waals surface area (Å²) in [5.41, 5.74) is 1.93. The molecule has 4 rings (SSSR count). The van der Waals surface area contributed by atoms with Crippen LogP contribution in [0.1, 0.15) is 54.3 Å². The highest BCUT2D eigenvalue weighted by Crippen LogP contribution is 2.40. The number of carbonyl (C=O) groups is 2. The van der Waals surface area contributed by atoms with Crippen LogP contribution in [0.15, 0.2) is 22.6 Å². The van der Waals surface area contributed by atoms with Crippen LogP contribution in [0.2, 0.25) is 0 Å². The van der Waals surface area contributed by atoms with Gasteiger partial charge in [0.2, 0.25) is 0 Å². The molecular weight excluding hydrogens is 308 g/mol. The van der Waals surface area contributed by atoms with Crippen molar-refractivity contribution >= 4 is 23.0 Å². The lowest BCUT2D eigenvalue weighted by atomic mass is 10.0. The number of methoxy groups -OCH3 is 1. The van der Waals surface area contributed by atoms with Crippen molar-refractivity contribution in [1.29, 1.82) is 0 Å². The summed E-state index contributed by atoms with van der Waals surface area (Å²) in [6.45, 7) is 0.570. The topological polar surface area (TPSA) is 72.6 Å². The van der Waals surface area contributed by atoms with Gasteiger partial charge >= 0.3 is 5.97 Å². The van der Waals surface area contributed by atoms with Crippen LogP contribution in [0.25, 0.3) is 11.1 Å². The Balaban J connectivity index is 1.62. The standard InChI is InChI=1S/C18H20N2O4/c1-23-18(22)14-4-2-3-9-20(14)17(21)12-7-8-13-15(10-12)24-16(19-13)11-5-6-11/h7-8,10-11,14H,2-6,9H2,1H3/t14-/m1/s1. The molecule has 1 amide bonds. The van der Waals surface area contributed by atoms with Gasteiger partial charge in [-0.1, -0.05) is 0 Å². The average Bonchev–Trinajstić information content (AvgIpc) is 3.39. The largest absolute Gasteiger partial charge is 0.467 e. The molecule has 6 heteroatoms. The molecule has 6 nitrogen and oxygen atoms in total. The van der Waals surface area contributed by atoms with Gasteiger partial charge in [0.05, 0.1) is 7.11 Å². The van der Waals surface area contributed by atoms with Crippen LogP contribution in [0.5, 0.6) is 0 Å². The summed E-state index contributed by atoms with van der Waals surface area (Å²) >= 11 is 0. The summed E-state index contributed by atoms with van der Waals surface area (Å²) in [5, 5.41) is 0. The lowest BCUT2D eigenvalue weighted by molar-refractivity contribution is -0.147. The summed E-state index contributed by atoms with van der Waals surface area (Å²) in [4.78, 5) is 30.9. The first-order valence-corrected chi connectivity index (χ1v) is 8.46. The first kappa shape index (κ1) is 15.2. The molecule has 0 unspecified atom stereocenters. The molecule has 1 aliphatic heterocycles. The minimum atomic E-state index is -0.497. The van der Waals surface area contributed by atoms with Crippen molar-refractivity contribution < 1.29 is 18.7 Å². The van der Waals surface area contributed by atoms with E-state index in [1.807, 2.05) is 6.07 Å². The number of rotatable bonds is 3. The van der Waals surface area contributed by atoms with E-state index in [9.17, 15) is 9.59 Å². The average molecular weight is 328 g/mol. The number of hydrogen-bond acceptors (Lipinski definition) is 5. The Hall–Kier alpha value is -2.37.